The molecule has 43 heavy (non-hydrogen) atoms. The van der Waals surface area contributed by atoms with Crippen molar-refractivity contribution >= 4 is 0 Å². The van der Waals surface area contributed by atoms with Crippen molar-refractivity contribution in [3.8, 4) is 0 Å². The van der Waals surface area contributed by atoms with E-state index in [1.807, 2.05) is 69.2 Å². The first-order chi connectivity index (χ1) is 21.2. The quantitative estimate of drug-likeness (QED) is 0.261. The van der Waals surface area contributed by atoms with Crippen molar-refractivity contribution < 1.29 is 0 Å². The van der Waals surface area contributed by atoms with E-state index in [0.29, 0.717) is 5.92 Å². The molecule has 0 heterocycles. The number of rotatable bonds is 5. The van der Waals surface area contributed by atoms with Gasteiger partial charge in [-0.1, -0.05) is 174 Å². The summed E-state index contributed by atoms with van der Waals surface area (Å²) in [6.45, 7) is 24.6. The average Bonchev–Trinajstić information content (AvgIpc) is 3.12. The van der Waals surface area contributed by atoms with Gasteiger partial charge in [-0.05, 0) is 90.3 Å². The van der Waals surface area contributed by atoms with Gasteiger partial charge in [-0.2, -0.15) is 0 Å². The molecule has 0 aromatic heterocycles. The molecule has 0 aliphatic heterocycles. The molecule has 0 spiro atoms. The van der Waals surface area contributed by atoms with Crippen LogP contribution >= 0.6 is 0 Å². The summed E-state index contributed by atoms with van der Waals surface area (Å²) >= 11 is 0. The van der Waals surface area contributed by atoms with E-state index in [-0.39, 0.29) is 0 Å². The van der Waals surface area contributed by atoms with Crippen molar-refractivity contribution in [1.29, 1.82) is 0 Å². The fourth-order valence-corrected chi connectivity index (χ4v) is 6.49. The zero-order chi connectivity index (χ0) is 32.6. The molecule has 0 unspecified atom stereocenters. The second-order valence-corrected chi connectivity index (χ2v) is 10.7. The summed E-state index contributed by atoms with van der Waals surface area (Å²) in [7, 11) is 0. The molecule has 0 bridgehead atoms. The Morgan fingerprint density at radius 3 is 1.14 bits per heavy atom. The molecular formula is C43H70. The topological polar surface area (TPSA) is 0 Å². The third-order valence-corrected chi connectivity index (χ3v) is 8.51. The first kappa shape index (κ1) is 40.7. The fourth-order valence-electron chi connectivity index (χ4n) is 6.49. The van der Waals surface area contributed by atoms with Gasteiger partial charge in [0.25, 0.3) is 0 Å². The van der Waals surface area contributed by atoms with Crippen LogP contribution in [-0.2, 0) is 0 Å². The van der Waals surface area contributed by atoms with Crippen LogP contribution in [0.5, 0.6) is 0 Å². The van der Waals surface area contributed by atoms with E-state index in [9.17, 15) is 0 Å². The number of hydrogen-bond donors (Lipinski definition) is 0. The Bertz CT molecular complexity index is 981. The number of benzene rings is 3. The molecule has 0 N–H and O–H groups in total. The molecule has 5 rings (SSSR count). The van der Waals surface area contributed by atoms with Gasteiger partial charge in [0.1, 0.15) is 0 Å². The Balaban J connectivity index is 0.00000161. The van der Waals surface area contributed by atoms with Crippen LogP contribution in [0.4, 0.5) is 0 Å². The van der Waals surface area contributed by atoms with E-state index in [1.165, 1.54) is 92.0 Å². The second kappa shape index (κ2) is 25.0. The van der Waals surface area contributed by atoms with Crippen molar-refractivity contribution in [2.24, 2.45) is 0 Å². The Kier molecular flexibility index (Phi) is 23.7. The summed E-state index contributed by atoms with van der Waals surface area (Å²) in [6.07, 6.45) is 13.8. The second-order valence-electron chi connectivity index (χ2n) is 10.7. The molecule has 2 saturated carbocycles. The molecule has 2 fully saturated rings. The molecule has 0 heteroatoms. The molecular weight excluding hydrogens is 516 g/mol. The lowest BCUT2D eigenvalue weighted by Crippen LogP contribution is -2.11. The van der Waals surface area contributed by atoms with Gasteiger partial charge in [0.15, 0.2) is 0 Å². The van der Waals surface area contributed by atoms with Gasteiger partial charge < -0.3 is 0 Å². The summed E-state index contributed by atoms with van der Waals surface area (Å²) in [5.74, 6) is 1.78. The number of aryl methyl sites for hydroxylation is 2. The molecule has 3 aromatic rings. The van der Waals surface area contributed by atoms with Crippen LogP contribution in [0, 0.1) is 13.8 Å². The van der Waals surface area contributed by atoms with Gasteiger partial charge in [0.2, 0.25) is 0 Å². The van der Waals surface area contributed by atoms with Gasteiger partial charge in [-0.3, -0.25) is 0 Å². The predicted octanol–water partition coefficient (Wildman–Crippen LogP) is 14.7. The molecule has 0 atom stereocenters. The highest BCUT2D eigenvalue weighted by Crippen LogP contribution is 2.41. The van der Waals surface area contributed by atoms with Gasteiger partial charge in [0.05, 0.1) is 0 Å². The maximum absolute atomic E-state index is 2.58. The van der Waals surface area contributed by atoms with Crippen LogP contribution in [0.15, 0.2) is 66.7 Å². The Morgan fingerprint density at radius 1 is 0.442 bits per heavy atom. The lowest BCUT2D eigenvalue weighted by Gasteiger charge is -2.28. The van der Waals surface area contributed by atoms with Gasteiger partial charge in [-0.15, -0.1) is 0 Å². The Morgan fingerprint density at radius 2 is 0.791 bits per heavy atom. The highest BCUT2D eigenvalue weighted by molar-refractivity contribution is 5.51. The summed E-state index contributed by atoms with van der Waals surface area (Å²) in [4.78, 5) is 0. The molecule has 242 valence electrons. The molecule has 3 aromatic carbocycles. The van der Waals surface area contributed by atoms with E-state index in [4.69, 9.17) is 0 Å². The van der Waals surface area contributed by atoms with Crippen molar-refractivity contribution in [3.05, 3.63) is 106 Å². The summed E-state index contributed by atoms with van der Waals surface area (Å²) in [6, 6.07) is 26.0. The number of hydrogen-bond acceptors (Lipinski definition) is 0. The van der Waals surface area contributed by atoms with Gasteiger partial charge in [0, 0.05) is 5.92 Å². The molecule has 0 amide bonds. The van der Waals surface area contributed by atoms with E-state index in [0.717, 1.165) is 11.8 Å². The van der Waals surface area contributed by atoms with Crippen LogP contribution in [0.1, 0.15) is 190 Å². The highest BCUT2D eigenvalue weighted by Gasteiger charge is 2.25. The summed E-state index contributed by atoms with van der Waals surface area (Å²) in [5.41, 5.74) is 10.4. The fraction of sp³-hybridized carbons (Fsp3) is 0.581. The SMILES string of the molecule is CC.CC.CC.CC.CC.Cc1ccc(C2CCCCC2)cc1C(c1ccccc1)c1cc(C2CCCCC2)ccc1C. The first-order valence-corrected chi connectivity index (χ1v) is 18.5. The lowest BCUT2D eigenvalue weighted by molar-refractivity contribution is 0.443. The van der Waals surface area contributed by atoms with E-state index in [2.05, 4.69) is 80.6 Å². The maximum Gasteiger partial charge on any atom is 0.0345 e. The first-order valence-electron chi connectivity index (χ1n) is 18.5. The van der Waals surface area contributed by atoms with E-state index in [1.54, 1.807) is 11.1 Å². The van der Waals surface area contributed by atoms with Gasteiger partial charge in [-0.25, -0.2) is 0 Å². The van der Waals surface area contributed by atoms with Crippen LogP contribution in [0.2, 0.25) is 0 Å². The van der Waals surface area contributed by atoms with Crippen molar-refractivity contribution in [2.45, 2.75) is 165 Å². The van der Waals surface area contributed by atoms with Crippen molar-refractivity contribution in [3.63, 3.8) is 0 Å². The van der Waals surface area contributed by atoms with E-state index < -0.39 is 0 Å². The smallest absolute Gasteiger partial charge is 0.0345 e. The zero-order valence-electron chi connectivity index (χ0n) is 30.7. The molecule has 2 aliphatic carbocycles. The zero-order valence-corrected chi connectivity index (χ0v) is 30.7. The third-order valence-electron chi connectivity index (χ3n) is 8.51. The third kappa shape index (κ3) is 12.3. The minimum absolute atomic E-state index is 0.304. The minimum Gasteiger partial charge on any atom is -0.0683 e. The van der Waals surface area contributed by atoms with Crippen LogP contribution in [0.3, 0.4) is 0 Å². The van der Waals surface area contributed by atoms with Crippen molar-refractivity contribution in [1.82, 2.24) is 0 Å². The standard InChI is InChI=1S/C33H40.5C2H6/c1-24-18-20-29(26-12-6-3-7-13-26)22-31(24)33(28-16-10-5-11-17-28)32-23-30(21-19-25(32)2)27-14-8-4-9-15-27;5*1-2/h5,10-11,16-23,26-27,33H,3-4,6-9,12-15H2,1-2H3;5*1-2H3. The largest absolute Gasteiger partial charge is 0.0683 e. The summed E-state index contributed by atoms with van der Waals surface area (Å²) < 4.78 is 0. The van der Waals surface area contributed by atoms with Crippen molar-refractivity contribution in [2.75, 3.05) is 0 Å². The predicted molar refractivity (Wildman–Crippen MR) is 198 cm³/mol. The highest BCUT2D eigenvalue weighted by atomic mass is 14.3. The van der Waals surface area contributed by atoms with Crippen LogP contribution < -0.4 is 0 Å². The van der Waals surface area contributed by atoms with E-state index >= 15 is 0 Å². The molecule has 0 radical (unpaired) electrons. The molecule has 0 saturated heterocycles. The molecule has 2 aliphatic rings. The lowest BCUT2D eigenvalue weighted by atomic mass is 9.76. The Hall–Kier alpha value is -2.34. The Labute approximate surface area is 270 Å². The summed E-state index contributed by atoms with van der Waals surface area (Å²) in [5, 5.41) is 0. The average molecular weight is 587 g/mol. The van der Waals surface area contributed by atoms with Crippen LogP contribution in [0.25, 0.3) is 0 Å². The van der Waals surface area contributed by atoms with Gasteiger partial charge >= 0.3 is 0 Å². The molecule has 0 nitrogen and oxygen atoms in total. The monoisotopic (exact) mass is 587 g/mol. The maximum atomic E-state index is 2.58. The normalized spacial score (nSPS) is 14.5. The minimum atomic E-state index is 0.304. The van der Waals surface area contributed by atoms with Crippen LogP contribution in [-0.4, -0.2) is 0 Å².